The van der Waals surface area contributed by atoms with Gasteiger partial charge in [-0.2, -0.15) is 0 Å². The van der Waals surface area contributed by atoms with Crippen molar-refractivity contribution in [2.75, 3.05) is 11.4 Å². The van der Waals surface area contributed by atoms with E-state index < -0.39 is 0 Å². The third-order valence-electron chi connectivity index (χ3n) is 5.40. The fourth-order valence-corrected chi connectivity index (χ4v) is 5.82. The van der Waals surface area contributed by atoms with E-state index in [1.807, 2.05) is 6.07 Å². The number of hydrogen-bond donors (Lipinski definition) is 0. The zero-order valence-corrected chi connectivity index (χ0v) is 20.6. The van der Waals surface area contributed by atoms with Crippen LogP contribution in [0.1, 0.15) is 66.3 Å². The van der Waals surface area contributed by atoms with Crippen molar-refractivity contribution in [2.45, 2.75) is 71.8 Å². The molecule has 3 aromatic rings. The van der Waals surface area contributed by atoms with Crippen LogP contribution in [-0.4, -0.2) is 27.1 Å². The molecule has 0 amide bonds. The summed E-state index contributed by atoms with van der Waals surface area (Å²) in [5, 5.41) is 6.07. The van der Waals surface area contributed by atoms with E-state index in [-0.39, 0.29) is 16.4 Å². The molecule has 3 aromatic heterocycles. The van der Waals surface area contributed by atoms with Gasteiger partial charge in [-0.3, -0.25) is 9.36 Å². The van der Waals surface area contributed by atoms with Gasteiger partial charge in [-0.25, -0.2) is 9.97 Å². The van der Waals surface area contributed by atoms with Crippen molar-refractivity contribution in [3.63, 3.8) is 0 Å². The van der Waals surface area contributed by atoms with Gasteiger partial charge in [0, 0.05) is 46.4 Å². The summed E-state index contributed by atoms with van der Waals surface area (Å²) in [6.45, 7) is 16.4. The molecule has 0 spiro atoms. The Bertz CT molecular complexity index is 1040. The number of rotatable bonds is 7. The molecule has 0 fully saturated rings. The Morgan fingerprint density at radius 3 is 2.37 bits per heavy atom. The van der Waals surface area contributed by atoms with Crippen LogP contribution in [0.3, 0.4) is 0 Å². The Labute approximate surface area is 187 Å². The molecular formula is C23H32N4OS2. The smallest absolute Gasteiger partial charge is 0.256 e. The van der Waals surface area contributed by atoms with Crippen molar-refractivity contribution in [2.24, 2.45) is 0 Å². The molecule has 30 heavy (non-hydrogen) atoms. The topological polar surface area (TPSA) is 51.0 Å². The molecular weight excluding hydrogens is 412 g/mol. The maximum Gasteiger partial charge on any atom is 0.256 e. The van der Waals surface area contributed by atoms with E-state index in [0.29, 0.717) is 6.04 Å². The van der Waals surface area contributed by atoms with Crippen LogP contribution in [0.4, 0.5) is 5.13 Å². The van der Waals surface area contributed by atoms with Gasteiger partial charge < -0.3 is 4.90 Å². The van der Waals surface area contributed by atoms with Gasteiger partial charge in [0.05, 0.1) is 11.4 Å². The molecule has 0 saturated carbocycles. The number of pyridine rings is 1. The van der Waals surface area contributed by atoms with Gasteiger partial charge in [0.15, 0.2) is 10.3 Å². The predicted molar refractivity (Wildman–Crippen MR) is 129 cm³/mol. The molecule has 0 N–H and O–H groups in total. The first-order valence-electron chi connectivity index (χ1n) is 10.4. The highest BCUT2D eigenvalue weighted by Crippen LogP contribution is 2.34. The summed E-state index contributed by atoms with van der Waals surface area (Å²) in [7, 11) is 0. The lowest BCUT2D eigenvalue weighted by Gasteiger charge is -2.34. The van der Waals surface area contributed by atoms with Crippen LogP contribution in [0.25, 0.3) is 5.13 Å². The van der Waals surface area contributed by atoms with Crippen molar-refractivity contribution in [3.8, 4) is 5.13 Å². The van der Waals surface area contributed by atoms with Gasteiger partial charge in [0.2, 0.25) is 0 Å². The molecule has 0 bridgehead atoms. The van der Waals surface area contributed by atoms with Crippen LogP contribution < -0.4 is 10.5 Å². The van der Waals surface area contributed by atoms with Crippen LogP contribution in [0, 0.1) is 0 Å². The first kappa shape index (κ1) is 22.7. The molecule has 0 aliphatic rings. The summed E-state index contributed by atoms with van der Waals surface area (Å²) < 4.78 is 1.61. The Hall–Kier alpha value is -1.99. The maximum absolute atomic E-state index is 12.1. The fraction of sp³-hybridized carbons (Fsp3) is 0.522. The average molecular weight is 445 g/mol. The van der Waals surface area contributed by atoms with E-state index in [2.05, 4.69) is 64.1 Å². The molecule has 162 valence electrons. The Morgan fingerprint density at radius 2 is 1.77 bits per heavy atom. The number of anilines is 1. The van der Waals surface area contributed by atoms with Gasteiger partial charge in [0.25, 0.3) is 5.56 Å². The Balaban J connectivity index is 1.79. The first-order chi connectivity index (χ1) is 14.0. The normalized spacial score (nSPS) is 13.4. The zero-order chi connectivity index (χ0) is 22.1. The van der Waals surface area contributed by atoms with E-state index >= 15 is 0 Å². The molecule has 1 atom stereocenters. The van der Waals surface area contributed by atoms with Crippen molar-refractivity contribution < 1.29 is 0 Å². The lowest BCUT2D eigenvalue weighted by atomic mass is 9.83. The molecule has 0 aliphatic carbocycles. The molecule has 0 aliphatic heterocycles. The van der Waals surface area contributed by atoms with Crippen LogP contribution in [-0.2, 0) is 10.8 Å². The third kappa shape index (κ3) is 4.83. The van der Waals surface area contributed by atoms with Gasteiger partial charge in [-0.15, -0.1) is 22.7 Å². The summed E-state index contributed by atoms with van der Waals surface area (Å²) in [6, 6.07) is 5.48. The molecule has 0 aromatic carbocycles. The van der Waals surface area contributed by atoms with E-state index in [1.54, 1.807) is 34.2 Å². The van der Waals surface area contributed by atoms with Crippen LogP contribution in [0.5, 0.6) is 0 Å². The average Bonchev–Trinajstić information content (AvgIpc) is 3.32. The van der Waals surface area contributed by atoms with E-state index in [0.717, 1.165) is 34.6 Å². The van der Waals surface area contributed by atoms with Crippen molar-refractivity contribution in [1.29, 1.82) is 0 Å². The monoisotopic (exact) mass is 444 g/mol. The lowest BCUT2D eigenvalue weighted by Crippen LogP contribution is -2.38. The fourth-order valence-electron chi connectivity index (χ4n) is 3.60. The summed E-state index contributed by atoms with van der Waals surface area (Å²) in [4.78, 5) is 24.2. The van der Waals surface area contributed by atoms with Crippen LogP contribution >= 0.6 is 22.7 Å². The number of aromatic nitrogens is 3. The summed E-state index contributed by atoms with van der Waals surface area (Å²) >= 11 is 3.24. The lowest BCUT2D eigenvalue weighted by molar-refractivity contribution is 0.413. The van der Waals surface area contributed by atoms with Gasteiger partial charge in [-0.1, -0.05) is 40.7 Å². The molecule has 0 radical (unpaired) electrons. The van der Waals surface area contributed by atoms with Crippen molar-refractivity contribution in [3.05, 3.63) is 56.9 Å². The van der Waals surface area contributed by atoms with Crippen LogP contribution in [0.15, 0.2) is 40.0 Å². The number of hydrogen-bond acceptors (Lipinski definition) is 6. The molecule has 3 heterocycles. The molecule has 1 unspecified atom stereocenters. The zero-order valence-electron chi connectivity index (χ0n) is 19.0. The van der Waals surface area contributed by atoms with E-state index in [4.69, 9.17) is 9.97 Å². The van der Waals surface area contributed by atoms with Gasteiger partial charge in [0.1, 0.15) is 0 Å². The highest BCUT2D eigenvalue weighted by atomic mass is 32.1. The highest BCUT2D eigenvalue weighted by molar-refractivity contribution is 7.13. The SMILES string of the molecule is CCN(c1nc(C(C)(C)C)cs1)C(C)CC(C)(C)c1csc(-n2ccccc2=O)n1. The molecule has 7 heteroatoms. The highest BCUT2D eigenvalue weighted by Gasteiger charge is 2.30. The van der Waals surface area contributed by atoms with Crippen molar-refractivity contribution in [1.82, 2.24) is 14.5 Å². The predicted octanol–water partition coefficient (Wildman–Crippen LogP) is 5.63. The molecule has 0 saturated heterocycles. The second-order valence-electron chi connectivity index (χ2n) is 9.41. The van der Waals surface area contributed by atoms with Crippen molar-refractivity contribution >= 4 is 27.8 Å². The standard InChI is InChI=1S/C23H32N4OS2/c1-8-26(20-24-17(14-29-20)22(3,4)5)16(2)13-23(6,7)18-15-30-21(25-18)27-12-10-9-11-19(27)28/h9-12,14-16H,8,13H2,1-7H3. The minimum absolute atomic E-state index is 0.0554. The van der Waals surface area contributed by atoms with Crippen LogP contribution in [0.2, 0.25) is 0 Å². The van der Waals surface area contributed by atoms with E-state index in [1.165, 1.54) is 11.3 Å². The van der Waals surface area contributed by atoms with Gasteiger partial charge >= 0.3 is 0 Å². The van der Waals surface area contributed by atoms with Gasteiger partial charge in [-0.05, 0) is 26.3 Å². The summed E-state index contributed by atoms with van der Waals surface area (Å²) in [5.74, 6) is 0. The molecule has 5 nitrogen and oxygen atoms in total. The minimum atomic E-state index is -0.121. The first-order valence-corrected chi connectivity index (χ1v) is 12.2. The largest absolute Gasteiger partial charge is 0.346 e. The summed E-state index contributed by atoms with van der Waals surface area (Å²) in [6.07, 6.45) is 2.72. The number of nitrogens with zero attached hydrogens (tertiary/aromatic N) is 4. The Morgan fingerprint density at radius 1 is 1.07 bits per heavy atom. The minimum Gasteiger partial charge on any atom is -0.346 e. The summed E-state index contributed by atoms with van der Waals surface area (Å²) in [5.41, 5.74) is 2.05. The number of thiazole rings is 2. The quantitative estimate of drug-likeness (QED) is 0.474. The second-order valence-corrected chi connectivity index (χ2v) is 11.1. The maximum atomic E-state index is 12.1. The Kier molecular flexibility index (Phi) is 6.53. The van der Waals surface area contributed by atoms with E-state index in [9.17, 15) is 4.79 Å². The second kappa shape index (κ2) is 8.63. The molecule has 3 rings (SSSR count). The third-order valence-corrected chi connectivity index (χ3v) is 7.12.